The van der Waals surface area contributed by atoms with Gasteiger partial charge < -0.3 is 5.11 Å². The van der Waals surface area contributed by atoms with Gasteiger partial charge in [0.15, 0.2) is 0 Å². The van der Waals surface area contributed by atoms with E-state index < -0.39 is 30.0 Å². The van der Waals surface area contributed by atoms with E-state index >= 15 is 0 Å². The van der Waals surface area contributed by atoms with Gasteiger partial charge in [-0.3, -0.25) is 4.79 Å². The van der Waals surface area contributed by atoms with Crippen LogP contribution in [-0.4, -0.2) is 23.2 Å². The van der Waals surface area contributed by atoms with Crippen LogP contribution in [0.15, 0.2) is 36.1 Å². The summed E-state index contributed by atoms with van der Waals surface area (Å²) in [6.45, 7) is 0. The zero-order chi connectivity index (χ0) is 16.5. The van der Waals surface area contributed by atoms with E-state index in [4.69, 9.17) is 5.11 Å². The Kier molecular flexibility index (Phi) is 11.2. The number of carbonyl (C=O) groups is 1. The molecule has 0 aromatic carbocycles. The predicted octanol–water partition coefficient (Wildman–Crippen LogP) is 4.79. The van der Waals surface area contributed by atoms with E-state index in [0.717, 1.165) is 0 Å². The van der Waals surface area contributed by atoms with Crippen molar-refractivity contribution in [1.82, 2.24) is 0 Å². The summed E-state index contributed by atoms with van der Waals surface area (Å²) in [7, 11) is 0. The van der Waals surface area contributed by atoms with Crippen molar-refractivity contribution < 1.29 is 56.3 Å². The number of aliphatic hydroxyl groups excluding tert-OH is 1. The van der Waals surface area contributed by atoms with Crippen molar-refractivity contribution in [3.63, 3.8) is 0 Å². The number of hydrogen-bond donors (Lipinski definition) is 1. The van der Waals surface area contributed by atoms with Gasteiger partial charge in [-0.05, 0) is 25.7 Å². The minimum absolute atomic E-state index is 0. The van der Waals surface area contributed by atoms with Crippen molar-refractivity contribution in [2.24, 2.45) is 0 Å². The largest absolute Gasteiger partial charge is 0.504 e. The smallest absolute Gasteiger partial charge is 0.454 e. The third-order valence-electron chi connectivity index (χ3n) is 2.17. The van der Waals surface area contributed by atoms with Crippen LogP contribution in [0.1, 0.15) is 25.7 Å². The number of allylic oxidation sites excluding steroid dienone is 6. The van der Waals surface area contributed by atoms with E-state index in [1.807, 2.05) is 0 Å². The van der Waals surface area contributed by atoms with Crippen LogP contribution in [0.4, 0.5) is 26.3 Å². The molecule has 0 saturated carbocycles. The summed E-state index contributed by atoms with van der Waals surface area (Å²) < 4.78 is 68.1. The summed E-state index contributed by atoms with van der Waals surface area (Å²) in [5.74, 6) is -5.34. The van der Waals surface area contributed by atoms with Crippen LogP contribution in [0, 0.1) is 0 Å². The molecule has 0 aromatic heterocycles. The summed E-state index contributed by atoms with van der Waals surface area (Å²) in [6.07, 6.45) is 2.32. The molecule has 1 rings (SSSR count). The molecule has 1 N–H and O–H groups in total. The molecule has 0 saturated heterocycles. The van der Waals surface area contributed by atoms with Gasteiger partial charge >= 0.3 is 12.4 Å². The topological polar surface area (TPSA) is 37.3 Å². The average Bonchev–Trinajstić information content (AvgIpc) is 2.25. The van der Waals surface area contributed by atoms with Gasteiger partial charge in [0, 0.05) is 26.2 Å². The van der Waals surface area contributed by atoms with Crippen LogP contribution in [0.2, 0.25) is 0 Å². The van der Waals surface area contributed by atoms with Crippen molar-refractivity contribution >= 4 is 5.78 Å². The maximum Gasteiger partial charge on any atom is 0.454 e. The predicted molar refractivity (Wildman–Crippen MR) is 64.6 cm³/mol. The monoisotopic (exact) mass is 509 g/mol. The summed E-state index contributed by atoms with van der Waals surface area (Å²) in [5, 5.41) is 7.93. The van der Waals surface area contributed by atoms with Gasteiger partial charge in [-0.2, -0.15) is 26.3 Å². The summed E-state index contributed by atoms with van der Waals surface area (Å²) in [4.78, 5) is 9.86. The van der Waals surface area contributed by atoms with Crippen LogP contribution in [0.3, 0.4) is 0 Å². The first-order valence-corrected chi connectivity index (χ1v) is 5.94. The van der Waals surface area contributed by atoms with Crippen molar-refractivity contribution in [3.05, 3.63) is 36.1 Å². The minimum Gasteiger partial charge on any atom is -0.504 e. The Morgan fingerprint density at radius 3 is 1.36 bits per heavy atom. The molecular formula is C13H14F6IrO2. The molecule has 0 bridgehead atoms. The van der Waals surface area contributed by atoms with E-state index in [1.54, 1.807) is 0 Å². The second kappa shape index (κ2) is 10.6. The van der Waals surface area contributed by atoms with E-state index in [9.17, 15) is 31.1 Å². The summed E-state index contributed by atoms with van der Waals surface area (Å²) in [6, 6.07) is 0. The molecule has 0 aromatic rings. The van der Waals surface area contributed by atoms with Crippen LogP contribution >= 0.6 is 0 Å². The van der Waals surface area contributed by atoms with Gasteiger partial charge in [0.25, 0.3) is 5.78 Å². The first-order valence-electron chi connectivity index (χ1n) is 5.94. The van der Waals surface area contributed by atoms with Gasteiger partial charge in [0.05, 0.1) is 0 Å². The summed E-state index contributed by atoms with van der Waals surface area (Å²) >= 11 is 0. The number of carbonyl (C=O) groups excluding carboxylic acids is 1. The van der Waals surface area contributed by atoms with Gasteiger partial charge in [0.1, 0.15) is 0 Å². The summed E-state index contributed by atoms with van der Waals surface area (Å²) in [5.41, 5.74) is 0. The molecule has 1 aliphatic carbocycles. The first-order chi connectivity index (χ1) is 9.55. The number of alkyl halides is 6. The third kappa shape index (κ3) is 11.6. The third-order valence-corrected chi connectivity index (χ3v) is 2.17. The Hall–Kier alpha value is -1.08. The molecule has 0 fully saturated rings. The molecule has 22 heavy (non-hydrogen) atoms. The Labute approximate surface area is 136 Å². The van der Waals surface area contributed by atoms with Crippen LogP contribution in [0.25, 0.3) is 0 Å². The zero-order valence-corrected chi connectivity index (χ0v) is 13.6. The molecule has 1 radical (unpaired) electrons. The molecule has 0 heterocycles. The van der Waals surface area contributed by atoms with E-state index in [1.165, 1.54) is 25.7 Å². The SMILES string of the molecule is C1=CCC/C=C\CC1.O=C(/C=C(\O)C(F)(F)F)C(F)(F)F.[Ir]. The van der Waals surface area contributed by atoms with Gasteiger partial charge in [-0.15, -0.1) is 0 Å². The number of hydrogen-bond acceptors (Lipinski definition) is 2. The standard InChI is InChI=1S/C8H12.C5H2F6O2.Ir/c1-2-4-6-8-7-5-3-1;6-4(7,8)2(12)1-3(13)5(9,10)11;/h1-2,7-8H,3-6H2;1,12H;/b2-1-,8-7?;2-1-;. The van der Waals surface area contributed by atoms with Crippen LogP contribution < -0.4 is 0 Å². The number of rotatable bonds is 1. The molecule has 0 aliphatic heterocycles. The molecule has 0 spiro atoms. The Bertz CT molecular complexity index is 395. The van der Waals surface area contributed by atoms with Crippen LogP contribution in [0.5, 0.6) is 0 Å². The van der Waals surface area contributed by atoms with Gasteiger partial charge in [-0.1, -0.05) is 24.3 Å². The number of halogens is 6. The van der Waals surface area contributed by atoms with E-state index in [2.05, 4.69) is 24.3 Å². The molecule has 0 amide bonds. The van der Waals surface area contributed by atoms with Crippen molar-refractivity contribution in [3.8, 4) is 0 Å². The Morgan fingerprint density at radius 1 is 0.818 bits per heavy atom. The molecule has 0 unspecified atom stereocenters. The quantitative estimate of drug-likeness (QED) is 0.239. The second-order valence-corrected chi connectivity index (χ2v) is 3.99. The van der Waals surface area contributed by atoms with E-state index in [0.29, 0.717) is 0 Å². The fraction of sp³-hybridized carbons (Fsp3) is 0.462. The zero-order valence-electron chi connectivity index (χ0n) is 11.2. The molecule has 0 atom stereocenters. The molecule has 1 aliphatic rings. The number of ketones is 1. The molecule has 9 heteroatoms. The molecule has 2 nitrogen and oxygen atoms in total. The second-order valence-electron chi connectivity index (χ2n) is 3.99. The van der Waals surface area contributed by atoms with Crippen molar-refractivity contribution in [1.29, 1.82) is 0 Å². The van der Waals surface area contributed by atoms with Gasteiger partial charge in [0.2, 0.25) is 5.76 Å². The van der Waals surface area contributed by atoms with E-state index in [-0.39, 0.29) is 20.1 Å². The Balaban J connectivity index is 0. The number of aliphatic hydroxyl groups is 1. The maximum atomic E-state index is 11.4. The maximum absolute atomic E-state index is 11.4. The Morgan fingerprint density at radius 2 is 1.14 bits per heavy atom. The molecule has 129 valence electrons. The fourth-order valence-corrected chi connectivity index (χ4v) is 1.14. The van der Waals surface area contributed by atoms with Gasteiger partial charge in [-0.25, -0.2) is 0 Å². The fourth-order valence-electron chi connectivity index (χ4n) is 1.14. The normalized spacial score (nSPS) is 17.3. The molecular weight excluding hydrogens is 494 g/mol. The van der Waals surface area contributed by atoms with Crippen LogP contribution in [-0.2, 0) is 24.9 Å². The van der Waals surface area contributed by atoms with Crippen molar-refractivity contribution in [2.75, 3.05) is 0 Å². The average molecular weight is 508 g/mol. The minimum atomic E-state index is -5.42. The first kappa shape index (κ1) is 23.2. The van der Waals surface area contributed by atoms with Crippen molar-refractivity contribution in [2.45, 2.75) is 38.0 Å².